The van der Waals surface area contributed by atoms with E-state index in [2.05, 4.69) is 11.4 Å². The van der Waals surface area contributed by atoms with Crippen LogP contribution in [0.2, 0.25) is 0 Å². The number of nitrogens with zero attached hydrogens (tertiary/aromatic N) is 2. The number of likely N-dealkylation sites (tertiary alicyclic amines) is 1. The molecule has 0 radical (unpaired) electrons. The molecule has 0 bridgehead atoms. The van der Waals surface area contributed by atoms with Gasteiger partial charge < -0.3 is 10.2 Å². The number of amides is 2. The van der Waals surface area contributed by atoms with Gasteiger partial charge in [-0.15, -0.1) is 0 Å². The van der Waals surface area contributed by atoms with Crippen LogP contribution in [0.15, 0.2) is 4.42 Å². The summed E-state index contributed by atoms with van der Waals surface area (Å²) in [6.07, 6.45) is 1.32. The molecule has 1 aliphatic heterocycles. The first kappa shape index (κ1) is 17.0. The summed E-state index contributed by atoms with van der Waals surface area (Å²) < 4.78 is 5.46. The standard InChI is InChI=1S/C16H22N4O3/c1-9-11(3)23-16(13(9)8-17)19-15(22)10(2)20-6-4-12(5-7-20)14(18)21/h10,12H,4-7H2,1-3H3,(H2,18,21)(H,19,22). The molecule has 2 rings (SSSR count). The Morgan fingerprint density at radius 3 is 2.52 bits per heavy atom. The molecule has 1 aliphatic rings. The number of furan rings is 1. The molecular weight excluding hydrogens is 296 g/mol. The number of hydrogen-bond acceptors (Lipinski definition) is 5. The SMILES string of the molecule is Cc1oc(NC(=O)C(C)N2CCC(C(N)=O)CC2)c(C#N)c1C. The van der Waals surface area contributed by atoms with E-state index < -0.39 is 0 Å². The number of piperidine rings is 1. The van der Waals surface area contributed by atoms with Crippen LogP contribution in [0.4, 0.5) is 5.88 Å². The maximum atomic E-state index is 12.4. The third-order valence-corrected chi connectivity index (χ3v) is 4.59. The molecule has 1 aromatic heterocycles. The number of nitriles is 1. The van der Waals surface area contributed by atoms with Gasteiger partial charge in [0.05, 0.1) is 6.04 Å². The van der Waals surface area contributed by atoms with Crippen LogP contribution in [-0.2, 0) is 9.59 Å². The van der Waals surface area contributed by atoms with Gasteiger partial charge in [-0.2, -0.15) is 5.26 Å². The number of hydrogen-bond donors (Lipinski definition) is 2. The van der Waals surface area contributed by atoms with Crippen LogP contribution in [0.1, 0.15) is 36.7 Å². The third-order valence-electron chi connectivity index (χ3n) is 4.59. The summed E-state index contributed by atoms with van der Waals surface area (Å²) in [5.41, 5.74) is 6.41. The maximum Gasteiger partial charge on any atom is 0.243 e. The molecular formula is C16H22N4O3. The highest BCUT2D eigenvalue weighted by molar-refractivity contribution is 5.94. The van der Waals surface area contributed by atoms with E-state index in [-0.39, 0.29) is 29.7 Å². The van der Waals surface area contributed by atoms with E-state index in [1.807, 2.05) is 4.90 Å². The van der Waals surface area contributed by atoms with Gasteiger partial charge in [0.25, 0.3) is 0 Å². The average molecular weight is 318 g/mol. The molecule has 23 heavy (non-hydrogen) atoms. The first-order chi connectivity index (χ1) is 10.8. The normalized spacial score (nSPS) is 17.5. The molecule has 0 spiro atoms. The smallest absolute Gasteiger partial charge is 0.243 e. The summed E-state index contributed by atoms with van der Waals surface area (Å²) in [6.45, 7) is 6.62. The molecule has 2 amide bonds. The van der Waals surface area contributed by atoms with E-state index in [0.717, 1.165) is 5.56 Å². The molecule has 2 heterocycles. The van der Waals surface area contributed by atoms with E-state index >= 15 is 0 Å². The van der Waals surface area contributed by atoms with E-state index in [0.29, 0.717) is 37.3 Å². The van der Waals surface area contributed by atoms with E-state index in [4.69, 9.17) is 10.2 Å². The van der Waals surface area contributed by atoms with Gasteiger partial charge in [0.2, 0.25) is 17.7 Å². The Morgan fingerprint density at radius 2 is 2.00 bits per heavy atom. The Morgan fingerprint density at radius 1 is 1.39 bits per heavy atom. The molecule has 0 saturated carbocycles. The van der Waals surface area contributed by atoms with Gasteiger partial charge in [0.1, 0.15) is 17.4 Å². The molecule has 3 N–H and O–H groups in total. The number of nitrogens with one attached hydrogen (secondary N) is 1. The van der Waals surface area contributed by atoms with Crippen molar-refractivity contribution in [2.45, 2.75) is 39.7 Å². The summed E-state index contributed by atoms with van der Waals surface area (Å²) in [5.74, 6) is 0.204. The molecule has 7 nitrogen and oxygen atoms in total. The van der Waals surface area contributed by atoms with Crippen molar-refractivity contribution in [1.29, 1.82) is 5.26 Å². The summed E-state index contributed by atoms with van der Waals surface area (Å²) in [5, 5.41) is 11.9. The molecule has 1 aromatic rings. The van der Waals surface area contributed by atoms with Crippen LogP contribution in [0, 0.1) is 31.1 Å². The van der Waals surface area contributed by atoms with Gasteiger partial charge in [0, 0.05) is 11.5 Å². The van der Waals surface area contributed by atoms with Crippen molar-refractivity contribution in [3.63, 3.8) is 0 Å². The zero-order valence-electron chi connectivity index (χ0n) is 13.7. The maximum absolute atomic E-state index is 12.4. The number of aryl methyl sites for hydroxylation is 1. The van der Waals surface area contributed by atoms with E-state index in [9.17, 15) is 14.9 Å². The molecule has 0 aliphatic carbocycles. The van der Waals surface area contributed by atoms with Crippen molar-refractivity contribution in [1.82, 2.24) is 4.90 Å². The Labute approximate surface area is 135 Å². The van der Waals surface area contributed by atoms with Crippen molar-refractivity contribution >= 4 is 17.7 Å². The molecule has 124 valence electrons. The molecule has 1 atom stereocenters. The Bertz CT molecular complexity index is 651. The van der Waals surface area contributed by atoms with Crippen LogP contribution < -0.4 is 11.1 Å². The minimum absolute atomic E-state index is 0.109. The fourth-order valence-corrected chi connectivity index (χ4v) is 2.80. The van der Waals surface area contributed by atoms with Crippen LogP contribution in [0.25, 0.3) is 0 Å². The minimum atomic E-state index is -0.374. The second-order valence-electron chi connectivity index (χ2n) is 5.98. The van der Waals surface area contributed by atoms with Crippen molar-refractivity contribution in [3.8, 4) is 6.07 Å². The van der Waals surface area contributed by atoms with Crippen LogP contribution in [-0.4, -0.2) is 35.8 Å². The fraction of sp³-hybridized carbons (Fsp3) is 0.562. The number of carbonyl (C=O) groups excluding carboxylic acids is 2. The Kier molecular flexibility index (Phi) is 5.06. The molecule has 7 heteroatoms. The minimum Gasteiger partial charge on any atom is -0.444 e. The predicted molar refractivity (Wildman–Crippen MR) is 84.5 cm³/mol. The Balaban J connectivity index is 2.00. The topological polar surface area (TPSA) is 112 Å². The van der Waals surface area contributed by atoms with Crippen LogP contribution in [0.5, 0.6) is 0 Å². The summed E-state index contributed by atoms with van der Waals surface area (Å²) in [7, 11) is 0. The predicted octanol–water partition coefficient (Wildman–Crippen LogP) is 1.29. The summed E-state index contributed by atoms with van der Waals surface area (Å²) >= 11 is 0. The van der Waals surface area contributed by atoms with E-state index in [1.165, 1.54) is 0 Å². The zero-order valence-corrected chi connectivity index (χ0v) is 13.7. The fourth-order valence-electron chi connectivity index (χ4n) is 2.80. The lowest BCUT2D eigenvalue weighted by molar-refractivity contribution is -0.124. The largest absolute Gasteiger partial charge is 0.444 e. The first-order valence-corrected chi connectivity index (χ1v) is 7.69. The van der Waals surface area contributed by atoms with Gasteiger partial charge in [-0.25, -0.2) is 0 Å². The second-order valence-corrected chi connectivity index (χ2v) is 5.98. The van der Waals surface area contributed by atoms with Gasteiger partial charge in [0.15, 0.2) is 0 Å². The lowest BCUT2D eigenvalue weighted by Crippen LogP contribution is -2.47. The Hall–Kier alpha value is -2.33. The van der Waals surface area contributed by atoms with Gasteiger partial charge >= 0.3 is 0 Å². The van der Waals surface area contributed by atoms with Crippen molar-refractivity contribution in [2.24, 2.45) is 11.7 Å². The molecule has 1 saturated heterocycles. The number of primary amides is 1. The van der Waals surface area contributed by atoms with Crippen molar-refractivity contribution in [2.75, 3.05) is 18.4 Å². The number of rotatable bonds is 4. The highest BCUT2D eigenvalue weighted by atomic mass is 16.4. The number of anilines is 1. The van der Waals surface area contributed by atoms with Crippen molar-refractivity contribution in [3.05, 3.63) is 16.9 Å². The summed E-state index contributed by atoms with van der Waals surface area (Å²) in [6, 6.07) is 1.68. The number of nitrogens with two attached hydrogens (primary N) is 1. The second kappa shape index (κ2) is 6.84. The molecule has 0 aromatic carbocycles. The zero-order chi connectivity index (χ0) is 17.1. The average Bonchev–Trinajstić information content (AvgIpc) is 2.80. The highest BCUT2D eigenvalue weighted by Crippen LogP contribution is 2.26. The van der Waals surface area contributed by atoms with Gasteiger partial charge in [-0.05, 0) is 46.7 Å². The monoisotopic (exact) mass is 318 g/mol. The van der Waals surface area contributed by atoms with Gasteiger partial charge in [-0.3, -0.25) is 19.8 Å². The van der Waals surface area contributed by atoms with Crippen molar-refractivity contribution < 1.29 is 14.0 Å². The quantitative estimate of drug-likeness (QED) is 0.868. The van der Waals surface area contributed by atoms with Gasteiger partial charge in [-0.1, -0.05) is 0 Å². The molecule has 1 unspecified atom stereocenters. The van der Waals surface area contributed by atoms with E-state index in [1.54, 1.807) is 20.8 Å². The van der Waals surface area contributed by atoms with Crippen LogP contribution in [0.3, 0.4) is 0 Å². The summed E-state index contributed by atoms with van der Waals surface area (Å²) in [4.78, 5) is 25.6. The highest BCUT2D eigenvalue weighted by Gasteiger charge is 2.29. The number of carbonyl (C=O) groups is 2. The lowest BCUT2D eigenvalue weighted by Gasteiger charge is -2.34. The lowest BCUT2D eigenvalue weighted by atomic mass is 9.95. The third kappa shape index (κ3) is 3.54. The molecule has 1 fully saturated rings. The van der Waals surface area contributed by atoms with Crippen LogP contribution >= 0.6 is 0 Å². The first-order valence-electron chi connectivity index (χ1n) is 7.69.